The Labute approximate surface area is 113 Å². The van der Waals surface area contributed by atoms with Gasteiger partial charge in [0, 0.05) is 0 Å². The maximum absolute atomic E-state index is 12.8. The lowest BCUT2D eigenvalue weighted by molar-refractivity contribution is -0.0508. The number of rotatable bonds is 3. The van der Waals surface area contributed by atoms with Crippen molar-refractivity contribution in [1.82, 2.24) is 9.78 Å². The largest absolute Gasteiger partial charge is 0.432 e. The fourth-order valence-electron chi connectivity index (χ4n) is 1.36. The predicted molar refractivity (Wildman–Crippen MR) is 64.1 cm³/mol. The molecule has 0 saturated heterocycles. The van der Waals surface area contributed by atoms with E-state index < -0.39 is 18.0 Å². The van der Waals surface area contributed by atoms with Gasteiger partial charge in [-0.2, -0.15) is 18.6 Å². The topological polar surface area (TPSA) is 44.1 Å². The molecule has 0 amide bonds. The second-order valence-electron chi connectivity index (χ2n) is 3.39. The Bertz CT molecular complexity index is 643. The van der Waals surface area contributed by atoms with E-state index in [4.69, 9.17) is 0 Å². The maximum Gasteiger partial charge on any atom is 0.387 e. The molecule has 8 heteroatoms. The van der Waals surface area contributed by atoms with E-state index in [9.17, 15) is 18.0 Å². The second kappa shape index (κ2) is 5.43. The van der Waals surface area contributed by atoms with Crippen LogP contribution in [0.25, 0.3) is 5.69 Å². The number of aromatic nitrogens is 2. The van der Waals surface area contributed by atoms with E-state index in [0.717, 1.165) is 23.0 Å². The van der Waals surface area contributed by atoms with Gasteiger partial charge in [0.2, 0.25) is 0 Å². The molecule has 0 unspecified atom stereocenters. The summed E-state index contributed by atoms with van der Waals surface area (Å²) in [5, 5.41) is 3.69. The molecule has 0 atom stereocenters. The van der Waals surface area contributed by atoms with Crippen LogP contribution in [0.2, 0.25) is 0 Å². The minimum absolute atomic E-state index is 0.188. The number of hydrogen-bond donors (Lipinski definition) is 0. The van der Waals surface area contributed by atoms with Crippen LogP contribution in [0.15, 0.2) is 39.7 Å². The van der Waals surface area contributed by atoms with Gasteiger partial charge in [0.05, 0.1) is 11.9 Å². The Morgan fingerprint density at radius 3 is 2.47 bits per heavy atom. The third-order valence-corrected chi connectivity index (χ3v) is 2.90. The highest BCUT2D eigenvalue weighted by Gasteiger charge is 2.14. The third kappa shape index (κ3) is 2.95. The van der Waals surface area contributed by atoms with E-state index in [2.05, 4.69) is 25.8 Å². The van der Waals surface area contributed by atoms with Gasteiger partial charge in [0.15, 0.2) is 5.75 Å². The quantitative estimate of drug-likeness (QED) is 0.866. The first-order valence-corrected chi connectivity index (χ1v) is 5.77. The molecule has 0 aliphatic heterocycles. The first kappa shape index (κ1) is 13.6. The van der Waals surface area contributed by atoms with E-state index >= 15 is 0 Å². The summed E-state index contributed by atoms with van der Waals surface area (Å²) in [4.78, 5) is 11.9. The Morgan fingerprint density at radius 1 is 1.26 bits per heavy atom. The van der Waals surface area contributed by atoms with Gasteiger partial charge in [-0.3, -0.25) is 4.79 Å². The fraction of sp³-hybridized carbons (Fsp3) is 0.0909. The zero-order chi connectivity index (χ0) is 14.0. The van der Waals surface area contributed by atoms with Crippen LogP contribution in [0.5, 0.6) is 5.75 Å². The van der Waals surface area contributed by atoms with Crippen LogP contribution < -0.4 is 10.3 Å². The smallest absolute Gasteiger partial charge is 0.387 e. The molecule has 19 heavy (non-hydrogen) atoms. The molecular weight excluding hydrogens is 329 g/mol. The maximum atomic E-state index is 12.8. The van der Waals surface area contributed by atoms with Crippen molar-refractivity contribution in [3.63, 3.8) is 0 Å². The molecule has 0 aliphatic carbocycles. The van der Waals surface area contributed by atoms with E-state index in [-0.39, 0.29) is 10.2 Å². The molecule has 0 saturated carbocycles. The first-order chi connectivity index (χ1) is 8.99. The molecule has 0 aliphatic rings. The number of hydrogen-bond acceptors (Lipinski definition) is 3. The van der Waals surface area contributed by atoms with Crippen LogP contribution in [0.1, 0.15) is 0 Å². The molecule has 1 heterocycles. The summed E-state index contributed by atoms with van der Waals surface area (Å²) >= 11 is 2.87. The lowest BCUT2D eigenvalue weighted by Gasteiger charge is -2.09. The van der Waals surface area contributed by atoms with Crippen LogP contribution >= 0.6 is 15.9 Å². The van der Waals surface area contributed by atoms with Crippen LogP contribution in [0, 0.1) is 5.82 Å². The van der Waals surface area contributed by atoms with Crippen molar-refractivity contribution in [2.75, 3.05) is 0 Å². The fourth-order valence-corrected chi connectivity index (χ4v) is 1.73. The van der Waals surface area contributed by atoms with E-state index in [1.807, 2.05) is 0 Å². The Hall–Kier alpha value is -1.83. The average molecular weight is 335 g/mol. The molecule has 2 rings (SSSR count). The highest BCUT2D eigenvalue weighted by atomic mass is 79.9. The van der Waals surface area contributed by atoms with Gasteiger partial charge in [-0.1, -0.05) is 0 Å². The van der Waals surface area contributed by atoms with E-state index in [0.29, 0.717) is 5.69 Å². The van der Waals surface area contributed by atoms with Crippen molar-refractivity contribution in [3.05, 3.63) is 51.1 Å². The number of nitrogens with zero attached hydrogens (tertiary/aromatic N) is 2. The van der Waals surface area contributed by atoms with E-state index in [1.54, 1.807) is 0 Å². The summed E-state index contributed by atoms with van der Waals surface area (Å²) in [6.45, 7) is -3.06. The molecule has 4 nitrogen and oxygen atoms in total. The van der Waals surface area contributed by atoms with Crippen LogP contribution in [0.3, 0.4) is 0 Å². The SMILES string of the molecule is O=c1c(Br)c(OC(F)F)cnn1-c1ccc(F)cc1. The van der Waals surface area contributed by atoms with Gasteiger partial charge in [0.25, 0.3) is 5.56 Å². The molecule has 2 aromatic rings. The van der Waals surface area contributed by atoms with Gasteiger partial charge < -0.3 is 4.74 Å². The van der Waals surface area contributed by atoms with Crippen molar-refractivity contribution in [1.29, 1.82) is 0 Å². The zero-order valence-corrected chi connectivity index (χ0v) is 10.8. The van der Waals surface area contributed by atoms with Crippen molar-refractivity contribution in [2.24, 2.45) is 0 Å². The van der Waals surface area contributed by atoms with Crippen molar-refractivity contribution >= 4 is 15.9 Å². The average Bonchev–Trinajstić information content (AvgIpc) is 2.36. The summed E-state index contributed by atoms with van der Waals surface area (Å²) in [6, 6.07) is 4.98. The molecule has 0 bridgehead atoms. The summed E-state index contributed by atoms with van der Waals surface area (Å²) in [7, 11) is 0. The second-order valence-corrected chi connectivity index (χ2v) is 4.19. The molecule has 0 spiro atoms. The Balaban J connectivity index is 2.47. The first-order valence-electron chi connectivity index (χ1n) is 4.97. The molecule has 1 aromatic carbocycles. The predicted octanol–water partition coefficient (Wildman–Crippen LogP) is 2.74. The molecule has 0 fully saturated rings. The van der Waals surface area contributed by atoms with Crippen LogP contribution in [-0.4, -0.2) is 16.4 Å². The van der Waals surface area contributed by atoms with Crippen molar-refractivity contribution in [3.8, 4) is 11.4 Å². The summed E-state index contributed by atoms with van der Waals surface area (Å²) in [5.74, 6) is -0.827. The third-order valence-electron chi connectivity index (χ3n) is 2.17. The molecule has 0 N–H and O–H groups in total. The van der Waals surface area contributed by atoms with Crippen molar-refractivity contribution in [2.45, 2.75) is 6.61 Å². The minimum atomic E-state index is -3.06. The Kier molecular flexibility index (Phi) is 3.89. The number of ether oxygens (including phenoxy) is 1. The van der Waals surface area contributed by atoms with Gasteiger partial charge in [0.1, 0.15) is 10.3 Å². The van der Waals surface area contributed by atoms with Crippen LogP contribution in [0.4, 0.5) is 13.2 Å². The Morgan fingerprint density at radius 2 is 1.89 bits per heavy atom. The van der Waals surface area contributed by atoms with Gasteiger partial charge in [-0.15, -0.1) is 0 Å². The summed E-state index contributed by atoms with van der Waals surface area (Å²) in [5.41, 5.74) is -0.388. The van der Waals surface area contributed by atoms with Crippen molar-refractivity contribution < 1.29 is 17.9 Å². The number of halogens is 4. The molecule has 0 radical (unpaired) electrons. The van der Waals surface area contributed by atoms with Gasteiger partial charge in [-0.05, 0) is 40.2 Å². The standard InChI is InChI=1S/C11H6BrF3N2O2/c12-9-8(19-11(14)15)5-16-17(10(9)18)7-3-1-6(13)2-4-7/h1-5,11H. The van der Waals surface area contributed by atoms with E-state index in [1.165, 1.54) is 12.1 Å². The summed E-state index contributed by atoms with van der Waals surface area (Å²) in [6.07, 6.45) is 0.973. The molecular formula is C11H6BrF3N2O2. The normalized spacial score (nSPS) is 10.8. The lowest BCUT2D eigenvalue weighted by atomic mass is 10.3. The van der Waals surface area contributed by atoms with Gasteiger partial charge in [-0.25, -0.2) is 4.39 Å². The van der Waals surface area contributed by atoms with Crippen LogP contribution in [-0.2, 0) is 0 Å². The monoisotopic (exact) mass is 334 g/mol. The highest BCUT2D eigenvalue weighted by Crippen LogP contribution is 2.21. The minimum Gasteiger partial charge on any atom is -0.432 e. The number of alkyl halides is 2. The molecule has 1 aromatic heterocycles. The zero-order valence-electron chi connectivity index (χ0n) is 9.19. The number of benzene rings is 1. The summed E-state index contributed by atoms with van der Waals surface area (Å²) < 4.78 is 41.8. The highest BCUT2D eigenvalue weighted by molar-refractivity contribution is 9.10. The molecule has 100 valence electrons. The van der Waals surface area contributed by atoms with Gasteiger partial charge >= 0.3 is 6.61 Å². The lowest BCUT2D eigenvalue weighted by Crippen LogP contribution is -2.22.